The summed E-state index contributed by atoms with van der Waals surface area (Å²) < 4.78 is 1.46. The van der Waals surface area contributed by atoms with E-state index in [1.807, 2.05) is 47.8 Å². The second-order valence-corrected chi connectivity index (χ2v) is 6.80. The highest BCUT2D eigenvalue weighted by molar-refractivity contribution is 7.99. The number of nitrogen functional groups attached to an aromatic ring is 1. The zero-order chi connectivity index (χ0) is 16.1. The fraction of sp³-hybridized carbons (Fsp3) is 0.125. The Bertz CT molecular complexity index is 769. The van der Waals surface area contributed by atoms with Crippen LogP contribution in [0.25, 0.3) is 11.3 Å². The van der Waals surface area contributed by atoms with Crippen LogP contribution in [-0.4, -0.2) is 21.3 Å². The van der Waals surface area contributed by atoms with Gasteiger partial charge < -0.3 is 11.2 Å². The number of amides is 1. The van der Waals surface area contributed by atoms with Gasteiger partial charge in [-0.15, -0.1) is 11.3 Å². The van der Waals surface area contributed by atoms with Gasteiger partial charge >= 0.3 is 0 Å². The van der Waals surface area contributed by atoms with E-state index in [4.69, 9.17) is 5.84 Å². The first-order valence-electron chi connectivity index (χ1n) is 7.04. The molecule has 5 nitrogen and oxygen atoms in total. The van der Waals surface area contributed by atoms with Crippen LogP contribution in [0, 0.1) is 0 Å². The monoisotopic (exact) mass is 344 g/mol. The van der Waals surface area contributed by atoms with Crippen LogP contribution in [0.1, 0.15) is 4.88 Å². The number of imidazole rings is 1. The van der Waals surface area contributed by atoms with E-state index in [0.717, 1.165) is 16.1 Å². The molecular formula is C16H16N4OS2. The number of nitrogens with zero attached hydrogens (tertiary/aromatic N) is 2. The molecule has 0 aliphatic rings. The highest BCUT2D eigenvalue weighted by atomic mass is 32.2. The Morgan fingerprint density at radius 3 is 2.83 bits per heavy atom. The summed E-state index contributed by atoms with van der Waals surface area (Å²) in [6.45, 7) is 0.559. The van der Waals surface area contributed by atoms with E-state index in [1.165, 1.54) is 16.4 Å². The molecule has 0 bridgehead atoms. The summed E-state index contributed by atoms with van der Waals surface area (Å²) in [6.07, 6.45) is 1.77. The molecule has 0 saturated carbocycles. The van der Waals surface area contributed by atoms with Gasteiger partial charge in [0.2, 0.25) is 5.91 Å². The maximum absolute atomic E-state index is 11.9. The van der Waals surface area contributed by atoms with Gasteiger partial charge in [0.15, 0.2) is 5.16 Å². The minimum absolute atomic E-state index is 0.0346. The van der Waals surface area contributed by atoms with Crippen molar-refractivity contribution < 1.29 is 4.79 Å². The lowest BCUT2D eigenvalue weighted by Gasteiger charge is -2.03. The molecule has 2 heterocycles. The molecule has 3 N–H and O–H groups in total. The van der Waals surface area contributed by atoms with Crippen molar-refractivity contribution in [2.45, 2.75) is 11.7 Å². The number of thioether (sulfide) groups is 1. The van der Waals surface area contributed by atoms with Crippen LogP contribution < -0.4 is 11.2 Å². The number of carbonyl (C=O) groups excluding carboxylic acids is 1. The second-order valence-electron chi connectivity index (χ2n) is 4.83. The average Bonchev–Trinajstić information content (AvgIpc) is 3.21. The van der Waals surface area contributed by atoms with Crippen LogP contribution in [0.4, 0.5) is 0 Å². The van der Waals surface area contributed by atoms with Crippen LogP contribution in [0.5, 0.6) is 0 Å². The Morgan fingerprint density at radius 1 is 1.26 bits per heavy atom. The van der Waals surface area contributed by atoms with Crippen molar-refractivity contribution in [1.82, 2.24) is 15.0 Å². The molecule has 0 fully saturated rings. The fourth-order valence-electron chi connectivity index (χ4n) is 2.01. The van der Waals surface area contributed by atoms with E-state index in [0.29, 0.717) is 11.7 Å². The fourth-order valence-corrected chi connectivity index (χ4v) is 3.38. The first-order chi connectivity index (χ1) is 11.2. The predicted molar refractivity (Wildman–Crippen MR) is 94.7 cm³/mol. The maximum Gasteiger partial charge on any atom is 0.230 e. The molecule has 2 aromatic heterocycles. The number of benzene rings is 1. The van der Waals surface area contributed by atoms with E-state index in [1.54, 1.807) is 17.5 Å². The molecule has 3 rings (SSSR count). The summed E-state index contributed by atoms with van der Waals surface area (Å²) in [5.74, 6) is 6.17. The number of rotatable bonds is 6. The smallest absolute Gasteiger partial charge is 0.230 e. The summed E-state index contributed by atoms with van der Waals surface area (Å²) in [5.41, 5.74) is 1.80. The molecule has 0 atom stereocenters. The Hall–Kier alpha value is -2.25. The highest BCUT2D eigenvalue weighted by Gasteiger charge is 2.10. The Kier molecular flexibility index (Phi) is 4.99. The van der Waals surface area contributed by atoms with Crippen LogP contribution >= 0.6 is 23.1 Å². The lowest BCUT2D eigenvalue weighted by atomic mass is 10.2. The van der Waals surface area contributed by atoms with Crippen LogP contribution in [0.2, 0.25) is 0 Å². The van der Waals surface area contributed by atoms with Gasteiger partial charge in [-0.2, -0.15) is 0 Å². The van der Waals surface area contributed by atoms with Gasteiger partial charge in [-0.3, -0.25) is 4.79 Å². The molecule has 23 heavy (non-hydrogen) atoms. The quantitative estimate of drug-likeness (QED) is 0.533. The zero-order valence-corrected chi connectivity index (χ0v) is 13.9. The number of nitrogens with one attached hydrogen (secondary N) is 1. The van der Waals surface area contributed by atoms with E-state index >= 15 is 0 Å². The normalized spacial score (nSPS) is 10.6. The number of thiophene rings is 1. The first-order valence-corrected chi connectivity index (χ1v) is 8.90. The van der Waals surface area contributed by atoms with Crippen LogP contribution in [-0.2, 0) is 11.3 Å². The number of hydrogen-bond donors (Lipinski definition) is 2. The summed E-state index contributed by atoms with van der Waals surface area (Å²) in [6, 6.07) is 13.8. The molecule has 0 spiro atoms. The third-order valence-corrected chi connectivity index (χ3v) is 4.98. The van der Waals surface area contributed by atoms with Gasteiger partial charge in [0.1, 0.15) is 0 Å². The highest BCUT2D eigenvalue weighted by Crippen LogP contribution is 2.22. The summed E-state index contributed by atoms with van der Waals surface area (Å²) in [5, 5.41) is 5.50. The molecular weight excluding hydrogens is 328 g/mol. The van der Waals surface area contributed by atoms with Gasteiger partial charge in [0.25, 0.3) is 0 Å². The van der Waals surface area contributed by atoms with Crippen LogP contribution in [0.15, 0.2) is 59.2 Å². The van der Waals surface area contributed by atoms with Gasteiger partial charge in [-0.05, 0) is 11.4 Å². The van der Waals surface area contributed by atoms with Gasteiger partial charge in [0, 0.05) is 10.4 Å². The number of carbonyl (C=O) groups is 1. The molecule has 0 aliphatic heterocycles. The SMILES string of the molecule is Nn1cc(-c2ccccc2)nc1SCC(=O)NCc1cccs1. The minimum atomic E-state index is -0.0346. The second kappa shape index (κ2) is 7.34. The zero-order valence-electron chi connectivity index (χ0n) is 12.3. The van der Waals surface area contributed by atoms with E-state index in [2.05, 4.69) is 10.3 Å². The van der Waals surface area contributed by atoms with E-state index in [-0.39, 0.29) is 11.7 Å². The molecule has 1 amide bonds. The van der Waals surface area contributed by atoms with Crippen molar-refractivity contribution in [2.75, 3.05) is 11.6 Å². The maximum atomic E-state index is 11.9. The third kappa shape index (κ3) is 4.14. The molecule has 0 saturated heterocycles. The van der Waals surface area contributed by atoms with Crippen molar-refractivity contribution in [2.24, 2.45) is 0 Å². The van der Waals surface area contributed by atoms with Gasteiger partial charge in [-0.1, -0.05) is 48.2 Å². The molecule has 0 unspecified atom stereocenters. The molecule has 1 aromatic carbocycles. The largest absolute Gasteiger partial charge is 0.350 e. The molecule has 7 heteroatoms. The minimum Gasteiger partial charge on any atom is -0.350 e. The standard InChI is InChI=1S/C16H16N4OS2/c17-20-10-14(12-5-2-1-3-6-12)19-16(20)23-11-15(21)18-9-13-7-4-8-22-13/h1-8,10H,9,11,17H2,(H,18,21). The number of aromatic nitrogens is 2. The average molecular weight is 344 g/mol. The molecule has 0 radical (unpaired) electrons. The number of hydrogen-bond acceptors (Lipinski definition) is 5. The van der Waals surface area contributed by atoms with Crippen molar-refractivity contribution in [1.29, 1.82) is 0 Å². The Balaban J connectivity index is 1.56. The Morgan fingerprint density at radius 2 is 2.09 bits per heavy atom. The summed E-state index contributed by atoms with van der Waals surface area (Å²) in [7, 11) is 0. The van der Waals surface area contributed by atoms with Crippen molar-refractivity contribution >= 4 is 29.0 Å². The summed E-state index contributed by atoms with van der Waals surface area (Å²) >= 11 is 2.95. The van der Waals surface area contributed by atoms with Crippen molar-refractivity contribution in [3.63, 3.8) is 0 Å². The lowest BCUT2D eigenvalue weighted by Crippen LogP contribution is -2.24. The van der Waals surface area contributed by atoms with Gasteiger partial charge in [-0.25, -0.2) is 9.66 Å². The number of nitrogens with two attached hydrogens (primary N) is 1. The van der Waals surface area contributed by atoms with E-state index < -0.39 is 0 Å². The van der Waals surface area contributed by atoms with Crippen molar-refractivity contribution in [3.05, 3.63) is 58.9 Å². The third-order valence-electron chi connectivity index (χ3n) is 3.14. The first kappa shape index (κ1) is 15.6. The van der Waals surface area contributed by atoms with E-state index in [9.17, 15) is 4.79 Å². The van der Waals surface area contributed by atoms with Crippen molar-refractivity contribution in [3.8, 4) is 11.3 Å². The van der Waals surface area contributed by atoms with Crippen LogP contribution in [0.3, 0.4) is 0 Å². The Labute approximate surface area is 142 Å². The topological polar surface area (TPSA) is 72.9 Å². The summed E-state index contributed by atoms with van der Waals surface area (Å²) in [4.78, 5) is 17.5. The van der Waals surface area contributed by atoms with Gasteiger partial charge in [0.05, 0.1) is 24.2 Å². The molecule has 118 valence electrons. The lowest BCUT2D eigenvalue weighted by molar-refractivity contribution is -0.118. The predicted octanol–water partition coefficient (Wildman–Crippen LogP) is 2.73. The molecule has 0 aliphatic carbocycles. The molecule has 3 aromatic rings.